The first-order chi connectivity index (χ1) is 8.75. The molecule has 18 heavy (non-hydrogen) atoms. The molecule has 0 aliphatic heterocycles. The van der Waals surface area contributed by atoms with Crippen LogP contribution in [0.5, 0.6) is 0 Å². The van der Waals surface area contributed by atoms with Crippen molar-refractivity contribution in [2.45, 2.75) is 24.8 Å². The van der Waals surface area contributed by atoms with Gasteiger partial charge < -0.3 is 5.73 Å². The Labute approximate surface area is 120 Å². The molecule has 1 heterocycles. The molecule has 3 unspecified atom stereocenters. The third-order valence-electron chi connectivity index (χ3n) is 3.73. The zero-order valence-corrected chi connectivity index (χ0v) is 12.5. The number of hydrogen-bond acceptors (Lipinski definition) is 2. The number of rotatable bonds is 4. The molecule has 1 nitrogen and oxygen atoms in total. The van der Waals surface area contributed by atoms with E-state index < -0.39 is 0 Å². The Bertz CT molecular complexity index is 522. The Hall–Kier alpha value is -0.640. The fourth-order valence-corrected chi connectivity index (χ4v) is 4.19. The maximum Gasteiger partial charge on any atom is 0.0314 e. The van der Waals surface area contributed by atoms with E-state index >= 15 is 0 Å². The van der Waals surface area contributed by atoms with E-state index in [-0.39, 0.29) is 6.04 Å². The van der Waals surface area contributed by atoms with Gasteiger partial charge in [-0.15, -0.1) is 11.3 Å². The fourth-order valence-electron chi connectivity index (χ4n) is 2.61. The molecule has 0 spiro atoms. The van der Waals surface area contributed by atoms with Crippen molar-refractivity contribution >= 4 is 27.3 Å². The highest BCUT2D eigenvalue weighted by atomic mass is 79.9. The van der Waals surface area contributed by atoms with Crippen LogP contribution in [0, 0.1) is 5.92 Å². The normalized spacial score (nSPS) is 23.9. The van der Waals surface area contributed by atoms with Gasteiger partial charge in [-0.25, -0.2) is 0 Å². The first-order valence-electron chi connectivity index (χ1n) is 6.28. The summed E-state index contributed by atoms with van der Waals surface area (Å²) < 4.78 is 1.21. The highest BCUT2D eigenvalue weighted by molar-refractivity contribution is 9.10. The average Bonchev–Trinajstić information content (AvgIpc) is 3.10. The largest absolute Gasteiger partial charge is 0.327 e. The Balaban J connectivity index is 1.63. The topological polar surface area (TPSA) is 26.0 Å². The van der Waals surface area contributed by atoms with Gasteiger partial charge in [0.05, 0.1) is 0 Å². The van der Waals surface area contributed by atoms with E-state index in [0.29, 0.717) is 11.8 Å². The smallest absolute Gasteiger partial charge is 0.0314 e. The van der Waals surface area contributed by atoms with Gasteiger partial charge >= 0.3 is 0 Å². The Morgan fingerprint density at radius 2 is 2.06 bits per heavy atom. The van der Waals surface area contributed by atoms with Crippen molar-refractivity contribution < 1.29 is 0 Å². The molecule has 0 amide bonds. The van der Waals surface area contributed by atoms with Crippen molar-refractivity contribution in [2.24, 2.45) is 11.7 Å². The van der Waals surface area contributed by atoms with Gasteiger partial charge in [0.25, 0.3) is 0 Å². The zero-order chi connectivity index (χ0) is 12.5. The summed E-state index contributed by atoms with van der Waals surface area (Å²) in [6, 6.07) is 13.1. The molecule has 2 N–H and O–H groups in total. The Morgan fingerprint density at radius 1 is 1.28 bits per heavy atom. The lowest BCUT2D eigenvalue weighted by atomic mass is 10.0. The lowest BCUT2D eigenvalue weighted by Gasteiger charge is -2.10. The molecule has 1 saturated carbocycles. The molecule has 1 aromatic heterocycles. The van der Waals surface area contributed by atoms with Gasteiger partial charge in [0.1, 0.15) is 0 Å². The van der Waals surface area contributed by atoms with Crippen LogP contribution >= 0.6 is 27.3 Å². The minimum atomic E-state index is 0.283. The van der Waals surface area contributed by atoms with Crippen LogP contribution in [0.4, 0.5) is 0 Å². The zero-order valence-electron chi connectivity index (χ0n) is 10.1. The third-order valence-corrected chi connectivity index (χ3v) is 5.68. The molecule has 3 rings (SSSR count). The first kappa shape index (κ1) is 12.4. The summed E-state index contributed by atoms with van der Waals surface area (Å²) in [5, 5.41) is 2.12. The lowest BCUT2D eigenvalue weighted by Crippen LogP contribution is -2.25. The molecule has 3 atom stereocenters. The second kappa shape index (κ2) is 5.16. The van der Waals surface area contributed by atoms with Crippen LogP contribution in [0.25, 0.3) is 0 Å². The second-order valence-electron chi connectivity index (χ2n) is 4.98. The van der Waals surface area contributed by atoms with Crippen LogP contribution in [-0.2, 0) is 6.42 Å². The third kappa shape index (κ3) is 2.53. The van der Waals surface area contributed by atoms with Crippen molar-refractivity contribution in [1.29, 1.82) is 0 Å². The van der Waals surface area contributed by atoms with E-state index in [1.165, 1.54) is 21.3 Å². The summed E-state index contributed by atoms with van der Waals surface area (Å²) in [6.07, 6.45) is 2.24. The molecular weight excluding hydrogens is 306 g/mol. The maximum atomic E-state index is 6.35. The number of halogens is 1. The molecule has 0 saturated heterocycles. The van der Waals surface area contributed by atoms with Crippen molar-refractivity contribution in [3.63, 3.8) is 0 Å². The minimum absolute atomic E-state index is 0.283. The highest BCUT2D eigenvalue weighted by Crippen LogP contribution is 2.49. The van der Waals surface area contributed by atoms with Crippen LogP contribution in [0.15, 0.2) is 46.3 Å². The summed E-state index contributed by atoms with van der Waals surface area (Å²) in [4.78, 5) is 1.38. The molecule has 3 heteroatoms. The van der Waals surface area contributed by atoms with Crippen LogP contribution in [0.2, 0.25) is 0 Å². The van der Waals surface area contributed by atoms with E-state index in [0.717, 1.165) is 6.42 Å². The molecule has 1 aliphatic rings. The summed E-state index contributed by atoms with van der Waals surface area (Å²) >= 11 is 5.37. The molecule has 94 valence electrons. The van der Waals surface area contributed by atoms with Crippen LogP contribution < -0.4 is 5.73 Å². The number of nitrogens with two attached hydrogens (primary N) is 1. The summed E-state index contributed by atoms with van der Waals surface area (Å²) in [5.74, 6) is 1.33. The quantitative estimate of drug-likeness (QED) is 0.898. The molecule has 1 fully saturated rings. The van der Waals surface area contributed by atoms with E-state index in [2.05, 4.69) is 57.7 Å². The van der Waals surface area contributed by atoms with Crippen LogP contribution in [0.3, 0.4) is 0 Å². The fraction of sp³-hybridized carbons (Fsp3) is 0.333. The predicted octanol–water partition coefficient (Wildman–Crippen LogP) is 4.18. The van der Waals surface area contributed by atoms with Gasteiger partial charge in [-0.3, -0.25) is 0 Å². The minimum Gasteiger partial charge on any atom is -0.327 e. The average molecular weight is 322 g/mol. The lowest BCUT2D eigenvalue weighted by molar-refractivity contribution is 0.581. The van der Waals surface area contributed by atoms with E-state index in [4.69, 9.17) is 5.73 Å². The number of hydrogen-bond donors (Lipinski definition) is 1. The maximum absolute atomic E-state index is 6.35. The summed E-state index contributed by atoms with van der Waals surface area (Å²) in [6.45, 7) is 0. The van der Waals surface area contributed by atoms with E-state index in [1.807, 2.05) is 0 Å². The van der Waals surface area contributed by atoms with Gasteiger partial charge in [-0.05, 0) is 57.6 Å². The summed E-state index contributed by atoms with van der Waals surface area (Å²) in [7, 11) is 0. The molecule has 0 radical (unpaired) electrons. The molecule has 1 aromatic carbocycles. The first-order valence-corrected chi connectivity index (χ1v) is 7.95. The van der Waals surface area contributed by atoms with Gasteiger partial charge in [0, 0.05) is 15.4 Å². The Kier molecular flexibility index (Phi) is 3.55. The highest BCUT2D eigenvalue weighted by Gasteiger charge is 2.42. The van der Waals surface area contributed by atoms with Gasteiger partial charge in [0.15, 0.2) is 0 Å². The SMILES string of the molecule is NC(Cc1sccc1Br)C1CC1c1ccccc1. The number of thiophene rings is 1. The van der Waals surface area contributed by atoms with Crippen molar-refractivity contribution in [1.82, 2.24) is 0 Å². The van der Waals surface area contributed by atoms with Crippen molar-refractivity contribution in [3.05, 3.63) is 56.7 Å². The van der Waals surface area contributed by atoms with E-state index in [9.17, 15) is 0 Å². The monoisotopic (exact) mass is 321 g/mol. The van der Waals surface area contributed by atoms with Crippen molar-refractivity contribution in [2.75, 3.05) is 0 Å². The molecule has 2 aromatic rings. The van der Waals surface area contributed by atoms with Crippen LogP contribution in [0.1, 0.15) is 22.8 Å². The predicted molar refractivity (Wildman–Crippen MR) is 81.0 cm³/mol. The summed E-state index contributed by atoms with van der Waals surface area (Å²) in [5.41, 5.74) is 7.80. The van der Waals surface area contributed by atoms with E-state index in [1.54, 1.807) is 11.3 Å². The van der Waals surface area contributed by atoms with Gasteiger partial charge in [0.2, 0.25) is 0 Å². The second-order valence-corrected chi connectivity index (χ2v) is 6.83. The Morgan fingerprint density at radius 3 is 2.72 bits per heavy atom. The van der Waals surface area contributed by atoms with Crippen molar-refractivity contribution in [3.8, 4) is 0 Å². The standard InChI is InChI=1S/C15H16BrNS/c16-13-6-7-18-15(13)9-14(17)12-8-11(12)10-4-2-1-3-5-10/h1-7,11-12,14H,8-9,17H2. The molecular formula is C15H16BrNS. The molecule has 0 bridgehead atoms. The molecule has 1 aliphatic carbocycles. The van der Waals surface area contributed by atoms with Gasteiger partial charge in [-0.1, -0.05) is 30.3 Å². The van der Waals surface area contributed by atoms with Crippen LogP contribution in [-0.4, -0.2) is 6.04 Å². The van der Waals surface area contributed by atoms with Gasteiger partial charge in [-0.2, -0.15) is 0 Å². The number of benzene rings is 1.